The quantitative estimate of drug-likeness (QED) is 0.365. The number of benzene rings is 1. The van der Waals surface area contributed by atoms with E-state index in [4.69, 9.17) is 15.2 Å². The molecule has 0 aliphatic carbocycles. The molecule has 0 saturated carbocycles. The third-order valence-electron chi connectivity index (χ3n) is 4.77. The van der Waals surface area contributed by atoms with Gasteiger partial charge in [0.15, 0.2) is 5.13 Å². The van der Waals surface area contributed by atoms with Gasteiger partial charge in [0.05, 0.1) is 5.56 Å². The van der Waals surface area contributed by atoms with Crippen molar-refractivity contribution >= 4 is 28.4 Å². The van der Waals surface area contributed by atoms with Crippen LogP contribution in [0.15, 0.2) is 48.1 Å². The Morgan fingerprint density at radius 3 is 2.50 bits per heavy atom. The first kappa shape index (κ1) is 25.3. The number of hydrogen-bond donors (Lipinski definition) is 2. The van der Waals surface area contributed by atoms with Crippen molar-refractivity contribution in [3.05, 3.63) is 53.7 Å². The molecule has 182 valence electrons. The van der Waals surface area contributed by atoms with Gasteiger partial charge in [0.2, 0.25) is 0 Å². The molecule has 2 aromatic heterocycles. The summed E-state index contributed by atoms with van der Waals surface area (Å²) >= 11 is 1.37. The van der Waals surface area contributed by atoms with Crippen LogP contribution in [0.3, 0.4) is 0 Å². The predicted octanol–water partition coefficient (Wildman–Crippen LogP) is 6.25. The number of alkyl halides is 3. The van der Waals surface area contributed by atoms with Gasteiger partial charge in [0.25, 0.3) is 0 Å². The van der Waals surface area contributed by atoms with Gasteiger partial charge in [-0.05, 0) is 54.7 Å². The van der Waals surface area contributed by atoms with Gasteiger partial charge in [-0.2, -0.15) is 13.2 Å². The van der Waals surface area contributed by atoms with Crippen LogP contribution in [0.1, 0.15) is 32.8 Å². The fraction of sp³-hybridized carbons (Fsp3) is 0.348. The summed E-state index contributed by atoms with van der Waals surface area (Å²) in [6.07, 6.45) is -2.19. The summed E-state index contributed by atoms with van der Waals surface area (Å²) in [4.78, 5) is 19.6. The number of anilines is 2. The topological polar surface area (TPSA) is 99.4 Å². The Balaban J connectivity index is 1.88. The third kappa shape index (κ3) is 6.83. The van der Waals surface area contributed by atoms with Gasteiger partial charge >= 0.3 is 12.3 Å². The second-order valence-electron chi connectivity index (χ2n) is 8.36. The Labute approximate surface area is 199 Å². The lowest BCUT2D eigenvalue weighted by atomic mass is 9.95. The lowest BCUT2D eigenvalue weighted by Gasteiger charge is -2.30. The maximum absolute atomic E-state index is 13.9. The van der Waals surface area contributed by atoms with E-state index >= 15 is 0 Å². The molecule has 0 aliphatic heterocycles. The first-order valence-electron chi connectivity index (χ1n) is 10.4. The summed E-state index contributed by atoms with van der Waals surface area (Å²) in [5, 5.41) is 5.43. The zero-order valence-electron chi connectivity index (χ0n) is 18.8. The number of halogens is 3. The van der Waals surface area contributed by atoms with Crippen molar-refractivity contribution < 1.29 is 27.4 Å². The molecule has 34 heavy (non-hydrogen) atoms. The molecule has 3 N–H and O–H groups in total. The minimum Gasteiger partial charge on any atom is -0.489 e. The normalized spacial score (nSPS) is 13.4. The van der Waals surface area contributed by atoms with Crippen LogP contribution >= 0.6 is 11.3 Å². The Bertz CT molecular complexity index is 1120. The number of carbonyl (C=O) groups excluding carboxylic acids is 1. The molecule has 7 nitrogen and oxygen atoms in total. The Morgan fingerprint density at radius 2 is 1.88 bits per heavy atom. The Hall–Kier alpha value is -3.34. The van der Waals surface area contributed by atoms with E-state index in [-0.39, 0.29) is 18.3 Å². The molecule has 1 aromatic carbocycles. The number of nitrogens with one attached hydrogen (secondary N) is 1. The van der Waals surface area contributed by atoms with Crippen molar-refractivity contribution in [2.24, 2.45) is 11.7 Å². The third-order valence-corrected chi connectivity index (χ3v) is 5.45. The number of hydrogen-bond acceptors (Lipinski definition) is 7. The summed E-state index contributed by atoms with van der Waals surface area (Å²) in [6, 6.07) is 7.06. The first-order valence-corrected chi connectivity index (χ1v) is 11.3. The molecule has 2 heterocycles. The molecule has 3 aromatic rings. The average Bonchev–Trinajstić information content (AvgIpc) is 3.23. The smallest absolute Gasteiger partial charge is 0.419 e. The largest absolute Gasteiger partial charge is 0.489 e. The SMILES string of the molecule is CC(C)CC(C)(COc1ccc(-c2ccnc(Nc3nccs3)c2)cc1C(F)(F)F)OC(N)=O. The lowest BCUT2D eigenvalue weighted by molar-refractivity contribution is -0.139. The van der Waals surface area contributed by atoms with E-state index in [1.54, 1.807) is 30.6 Å². The number of ether oxygens (including phenoxy) is 2. The number of nitrogens with zero attached hydrogens (tertiary/aromatic N) is 2. The highest BCUT2D eigenvalue weighted by Crippen LogP contribution is 2.39. The van der Waals surface area contributed by atoms with Gasteiger partial charge in [-0.1, -0.05) is 19.9 Å². The number of amides is 1. The summed E-state index contributed by atoms with van der Waals surface area (Å²) in [6.45, 7) is 5.08. The summed E-state index contributed by atoms with van der Waals surface area (Å²) in [5.74, 6) is 0.181. The standard InChI is InChI=1S/C23H25F3N4O3S/c1-14(2)12-22(3,33-20(27)31)13-32-18-5-4-15(10-17(18)23(24,25)26)16-6-7-28-19(11-16)30-21-29-8-9-34-21/h4-11,14H,12-13H2,1-3H3,(H2,27,31)(H,28,29,30). The zero-order chi connectivity index (χ0) is 24.9. The van der Waals surface area contributed by atoms with E-state index in [2.05, 4.69) is 15.3 Å². The highest BCUT2D eigenvalue weighted by atomic mass is 32.1. The molecule has 0 fully saturated rings. The predicted molar refractivity (Wildman–Crippen MR) is 124 cm³/mol. The molecular formula is C23H25F3N4O3S. The van der Waals surface area contributed by atoms with Crippen LogP contribution in [-0.4, -0.2) is 28.3 Å². The van der Waals surface area contributed by atoms with Gasteiger partial charge < -0.3 is 20.5 Å². The summed E-state index contributed by atoms with van der Waals surface area (Å²) in [7, 11) is 0. The maximum atomic E-state index is 13.9. The highest BCUT2D eigenvalue weighted by molar-refractivity contribution is 7.13. The van der Waals surface area contributed by atoms with Crippen molar-refractivity contribution in [2.75, 3.05) is 11.9 Å². The molecule has 11 heteroatoms. The van der Waals surface area contributed by atoms with Crippen LogP contribution in [0.4, 0.5) is 28.9 Å². The maximum Gasteiger partial charge on any atom is 0.419 e. The number of thiazole rings is 1. The number of primary amides is 1. The van der Waals surface area contributed by atoms with Gasteiger partial charge in [0, 0.05) is 17.8 Å². The van der Waals surface area contributed by atoms with Gasteiger partial charge in [-0.25, -0.2) is 14.8 Å². The Kier molecular flexibility index (Phi) is 7.65. The van der Waals surface area contributed by atoms with Crippen LogP contribution in [0.5, 0.6) is 5.75 Å². The van der Waals surface area contributed by atoms with Crippen molar-refractivity contribution in [1.29, 1.82) is 0 Å². The van der Waals surface area contributed by atoms with Crippen molar-refractivity contribution in [2.45, 2.75) is 39.0 Å². The second-order valence-corrected chi connectivity index (χ2v) is 9.25. The van der Waals surface area contributed by atoms with Crippen LogP contribution in [0, 0.1) is 5.92 Å². The van der Waals surface area contributed by atoms with Crippen LogP contribution in [0.2, 0.25) is 0 Å². The molecule has 0 bridgehead atoms. The molecule has 0 radical (unpaired) electrons. The van der Waals surface area contributed by atoms with E-state index in [0.29, 0.717) is 28.5 Å². The monoisotopic (exact) mass is 494 g/mol. The second kappa shape index (κ2) is 10.3. The van der Waals surface area contributed by atoms with Crippen LogP contribution in [0.25, 0.3) is 11.1 Å². The van der Waals surface area contributed by atoms with E-state index < -0.39 is 23.4 Å². The van der Waals surface area contributed by atoms with Crippen molar-refractivity contribution in [1.82, 2.24) is 9.97 Å². The van der Waals surface area contributed by atoms with Crippen LogP contribution < -0.4 is 15.8 Å². The molecule has 0 aliphatic rings. The van der Waals surface area contributed by atoms with Gasteiger partial charge in [-0.15, -0.1) is 11.3 Å². The molecular weight excluding hydrogens is 469 g/mol. The summed E-state index contributed by atoms with van der Waals surface area (Å²) in [5.41, 5.74) is 3.90. The number of rotatable bonds is 9. The number of aromatic nitrogens is 2. The fourth-order valence-electron chi connectivity index (χ4n) is 3.60. The number of nitrogens with two attached hydrogens (primary N) is 1. The molecule has 1 amide bonds. The lowest BCUT2D eigenvalue weighted by Crippen LogP contribution is -2.41. The average molecular weight is 495 g/mol. The van der Waals surface area contributed by atoms with Crippen LogP contribution in [-0.2, 0) is 10.9 Å². The van der Waals surface area contributed by atoms with Gasteiger partial charge in [-0.3, -0.25) is 0 Å². The minimum atomic E-state index is -4.67. The van der Waals surface area contributed by atoms with E-state index in [0.717, 1.165) is 6.07 Å². The number of carbonyl (C=O) groups is 1. The van der Waals surface area contributed by atoms with Crippen molar-refractivity contribution in [3.8, 4) is 16.9 Å². The minimum absolute atomic E-state index is 0.0938. The van der Waals surface area contributed by atoms with Gasteiger partial charge in [0.1, 0.15) is 23.8 Å². The molecule has 3 rings (SSSR count). The molecule has 0 saturated heterocycles. The molecule has 0 spiro atoms. The zero-order valence-corrected chi connectivity index (χ0v) is 19.7. The highest BCUT2D eigenvalue weighted by Gasteiger charge is 2.36. The Morgan fingerprint density at radius 1 is 1.15 bits per heavy atom. The fourth-order valence-corrected chi connectivity index (χ4v) is 4.13. The first-order chi connectivity index (χ1) is 15.9. The molecule has 1 unspecified atom stereocenters. The molecule has 1 atom stereocenters. The van der Waals surface area contributed by atoms with E-state index in [1.807, 2.05) is 13.8 Å². The van der Waals surface area contributed by atoms with Crippen molar-refractivity contribution in [3.63, 3.8) is 0 Å². The summed E-state index contributed by atoms with van der Waals surface area (Å²) < 4.78 is 52.4. The van der Waals surface area contributed by atoms with E-state index in [1.165, 1.54) is 29.7 Å². The number of pyridine rings is 1. The van der Waals surface area contributed by atoms with E-state index in [9.17, 15) is 18.0 Å².